The van der Waals surface area contributed by atoms with E-state index < -0.39 is 0 Å². The molecule has 0 amide bonds. The topological polar surface area (TPSA) is 12.0 Å². The van der Waals surface area contributed by atoms with Crippen molar-refractivity contribution in [1.82, 2.24) is 5.32 Å². The minimum atomic E-state index is -0.378. The van der Waals surface area contributed by atoms with E-state index in [0.29, 0.717) is 6.54 Å². The first kappa shape index (κ1) is 14.0. The summed E-state index contributed by atoms with van der Waals surface area (Å²) in [6, 6.07) is 13.5. The summed E-state index contributed by atoms with van der Waals surface area (Å²) in [6.07, 6.45) is 0. The molecule has 2 aromatic carbocycles. The molecule has 3 heteroatoms. The van der Waals surface area contributed by atoms with Crippen molar-refractivity contribution in [2.45, 2.75) is 26.4 Å². The van der Waals surface area contributed by atoms with E-state index in [0.717, 1.165) is 5.56 Å². The molecule has 0 saturated carbocycles. The predicted octanol–water partition coefficient (Wildman–Crippen LogP) is 4.64. The number of aryl methyl sites for hydroxylation is 1. The van der Waals surface area contributed by atoms with E-state index in [-0.39, 0.29) is 16.9 Å². The van der Waals surface area contributed by atoms with Crippen LogP contribution in [0, 0.1) is 12.7 Å². The Morgan fingerprint density at radius 1 is 1.16 bits per heavy atom. The van der Waals surface area contributed by atoms with Gasteiger partial charge in [0.2, 0.25) is 0 Å². The smallest absolute Gasteiger partial charge is 0.141 e. The molecule has 100 valence electrons. The van der Waals surface area contributed by atoms with E-state index in [1.807, 2.05) is 0 Å². The van der Waals surface area contributed by atoms with E-state index in [2.05, 4.69) is 43.4 Å². The molecule has 0 saturated heterocycles. The van der Waals surface area contributed by atoms with Crippen LogP contribution in [0.25, 0.3) is 0 Å². The second-order valence-corrected chi connectivity index (χ2v) is 5.17. The number of benzene rings is 2. The average molecular weight is 278 g/mol. The standard InChI is InChI=1S/C16H17ClFN/c1-11-3-6-14(7-4-11)12(2)19-10-13-5-8-16(18)15(17)9-13/h3-9,12,19H,10H2,1-2H3. The maximum absolute atomic E-state index is 13.0. The zero-order chi connectivity index (χ0) is 13.8. The fraction of sp³-hybridized carbons (Fsp3) is 0.250. The third-order valence-electron chi connectivity index (χ3n) is 3.17. The molecule has 1 N–H and O–H groups in total. The van der Waals surface area contributed by atoms with Crippen LogP contribution in [-0.4, -0.2) is 0 Å². The maximum atomic E-state index is 13.0. The molecular formula is C16H17ClFN. The van der Waals surface area contributed by atoms with Crippen molar-refractivity contribution in [1.29, 1.82) is 0 Å². The molecule has 0 aliphatic carbocycles. The Kier molecular flexibility index (Phi) is 4.56. The number of hydrogen-bond donors (Lipinski definition) is 1. The second kappa shape index (κ2) is 6.18. The summed E-state index contributed by atoms with van der Waals surface area (Å²) in [4.78, 5) is 0. The van der Waals surface area contributed by atoms with Crippen LogP contribution >= 0.6 is 11.6 Å². The highest BCUT2D eigenvalue weighted by molar-refractivity contribution is 6.30. The van der Waals surface area contributed by atoms with Gasteiger partial charge in [0.25, 0.3) is 0 Å². The summed E-state index contributed by atoms with van der Waals surface area (Å²) >= 11 is 5.76. The van der Waals surface area contributed by atoms with Crippen molar-refractivity contribution in [3.05, 3.63) is 70.0 Å². The summed E-state index contributed by atoms with van der Waals surface area (Å²) in [5, 5.41) is 3.57. The molecule has 1 nitrogen and oxygen atoms in total. The molecular weight excluding hydrogens is 261 g/mol. The SMILES string of the molecule is Cc1ccc(C(C)NCc2ccc(F)c(Cl)c2)cc1. The lowest BCUT2D eigenvalue weighted by Crippen LogP contribution is -2.18. The van der Waals surface area contributed by atoms with Gasteiger partial charge in [-0.1, -0.05) is 47.5 Å². The van der Waals surface area contributed by atoms with Gasteiger partial charge in [0, 0.05) is 12.6 Å². The molecule has 0 heterocycles. The lowest BCUT2D eigenvalue weighted by Gasteiger charge is -2.14. The van der Waals surface area contributed by atoms with Crippen molar-refractivity contribution in [2.75, 3.05) is 0 Å². The lowest BCUT2D eigenvalue weighted by molar-refractivity contribution is 0.573. The van der Waals surface area contributed by atoms with Gasteiger partial charge in [-0.2, -0.15) is 0 Å². The summed E-state index contributed by atoms with van der Waals surface area (Å²) < 4.78 is 13.0. The van der Waals surface area contributed by atoms with Crippen molar-refractivity contribution < 1.29 is 4.39 Å². The Labute approximate surface area is 118 Å². The number of halogens is 2. The molecule has 2 aromatic rings. The van der Waals surface area contributed by atoms with Crippen LogP contribution in [0.2, 0.25) is 5.02 Å². The third-order valence-corrected chi connectivity index (χ3v) is 3.46. The van der Waals surface area contributed by atoms with E-state index in [9.17, 15) is 4.39 Å². The molecule has 1 unspecified atom stereocenters. The molecule has 0 aromatic heterocycles. The van der Waals surface area contributed by atoms with Gasteiger partial charge in [-0.25, -0.2) is 4.39 Å². The highest BCUT2D eigenvalue weighted by atomic mass is 35.5. The van der Waals surface area contributed by atoms with Gasteiger partial charge in [0.15, 0.2) is 0 Å². The average Bonchev–Trinajstić information content (AvgIpc) is 2.40. The zero-order valence-corrected chi connectivity index (χ0v) is 11.8. The van der Waals surface area contributed by atoms with Crippen LogP contribution in [0.3, 0.4) is 0 Å². The first-order chi connectivity index (χ1) is 9.06. The summed E-state index contributed by atoms with van der Waals surface area (Å²) in [6.45, 7) is 4.84. The Bertz CT molecular complexity index is 551. The maximum Gasteiger partial charge on any atom is 0.141 e. The van der Waals surface area contributed by atoms with Crippen LogP contribution in [0.4, 0.5) is 4.39 Å². The minimum absolute atomic E-state index is 0.169. The Hall–Kier alpha value is -1.38. The zero-order valence-electron chi connectivity index (χ0n) is 11.1. The van der Waals surface area contributed by atoms with Gasteiger partial charge in [0.1, 0.15) is 5.82 Å². The van der Waals surface area contributed by atoms with Crippen LogP contribution in [0.1, 0.15) is 29.7 Å². The molecule has 0 spiro atoms. The molecule has 0 radical (unpaired) electrons. The molecule has 0 aliphatic rings. The van der Waals surface area contributed by atoms with E-state index in [1.165, 1.54) is 17.2 Å². The van der Waals surface area contributed by atoms with Gasteiger partial charge in [0.05, 0.1) is 5.02 Å². The highest BCUT2D eigenvalue weighted by Gasteiger charge is 2.06. The Morgan fingerprint density at radius 3 is 2.47 bits per heavy atom. The Balaban J connectivity index is 1.98. The molecule has 0 bridgehead atoms. The van der Waals surface area contributed by atoms with Crippen LogP contribution < -0.4 is 5.32 Å². The van der Waals surface area contributed by atoms with Gasteiger partial charge in [-0.3, -0.25) is 0 Å². The monoisotopic (exact) mass is 277 g/mol. The quantitative estimate of drug-likeness (QED) is 0.858. The summed E-state index contributed by atoms with van der Waals surface area (Å²) in [7, 11) is 0. The lowest BCUT2D eigenvalue weighted by atomic mass is 10.1. The summed E-state index contributed by atoms with van der Waals surface area (Å²) in [5.41, 5.74) is 3.46. The number of rotatable bonds is 4. The van der Waals surface area contributed by atoms with Crippen molar-refractivity contribution in [3.63, 3.8) is 0 Å². The van der Waals surface area contributed by atoms with Crippen molar-refractivity contribution in [3.8, 4) is 0 Å². The van der Waals surface area contributed by atoms with Gasteiger partial charge >= 0.3 is 0 Å². The van der Waals surface area contributed by atoms with E-state index in [4.69, 9.17) is 11.6 Å². The molecule has 0 aliphatic heterocycles. The fourth-order valence-electron chi connectivity index (χ4n) is 1.89. The first-order valence-electron chi connectivity index (χ1n) is 6.30. The van der Waals surface area contributed by atoms with Crippen LogP contribution in [-0.2, 0) is 6.54 Å². The minimum Gasteiger partial charge on any atom is -0.306 e. The van der Waals surface area contributed by atoms with Crippen LogP contribution in [0.15, 0.2) is 42.5 Å². The van der Waals surface area contributed by atoms with Gasteiger partial charge < -0.3 is 5.32 Å². The normalized spacial score (nSPS) is 12.4. The molecule has 1 atom stereocenters. The van der Waals surface area contributed by atoms with Crippen LogP contribution in [0.5, 0.6) is 0 Å². The fourth-order valence-corrected chi connectivity index (χ4v) is 2.10. The van der Waals surface area contributed by atoms with Crippen molar-refractivity contribution in [2.24, 2.45) is 0 Å². The highest BCUT2D eigenvalue weighted by Crippen LogP contribution is 2.18. The number of hydrogen-bond acceptors (Lipinski definition) is 1. The summed E-state index contributed by atoms with van der Waals surface area (Å²) in [5.74, 6) is -0.378. The first-order valence-corrected chi connectivity index (χ1v) is 6.68. The van der Waals surface area contributed by atoms with E-state index >= 15 is 0 Å². The largest absolute Gasteiger partial charge is 0.306 e. The predicted molar refractivity (Wildman–Crippen MR) is 77.8 cm³/mol. The van der Waals surface area contributed by atoms with Gasteiger partial charge in [-0.15, -0.1) is 0 Å². The molecule has 2 rings (SSSR count). The second-order valence-electron chi connectivity index (χ2n) is 4.76. The molecule has 19 heavy (non-hydrogen) atoms. The molecule has 0 fully saturated rings. The Morgan fingerprint density at radius 2 is 1.84 bits per heavy atom. The van der Waals surface area contributed by atoms with E-state index in [1.54, 1.807) is 12.1 Å². The third kappa shape index (κ3) is 3.79. The van der Waals surface area contributed by atoms with Crippen molar-refractivity contribution >= 4 is 11.6 Å². The van der Waals surface area contributed by atoms with Gasteiger partial charge in [-0.05, 0) is 37.1 Å². The number of nitrogens with one attached hydrogen (secondary N) is 1.